The molecule has 0 fully saturated rings. The van der Waals surface area contributed by atoms with E-state index in [0.717, 1.165) is 0 Å². The van der Waals surface area contributed by atoms with Gasteiger partial charge in [0.15, 0.2) is 0 Å². The number of aromatic nitrogens is 2. The summed E-state index contributed by atoms with van der Waals surface area (Å²) in [6, 6.07) is 0. The van der Waals surface area contributed by atoms with Gasteiger partial charge < -0.3 is 4.52 Å². The molecule has 0 saturated heterocycles. The van der Waals surface area contributed by atoms with Gasteiger partial charge in [-0.2, -0.15) is 4.98 Å². The highest BCUT2D eigenvalue weighted by molar-refractivity contribution is 7.90. The molecule has 1 heterocycles. The number of rotatable bonds is 1. The van der Waals surface area contributed by atoms with Crippen molar-refractivity contribution in [3.05, 3.63) is 18.8 Å². The van der Waals surface area contributed by atoms with Crippen molar-refractivity contribution < 1.29 is 4.52 Å². The van der Waals surface area contributed by atoms with Crippen LogP contribution in [0.3, 0.4) is 0 Å². The summed E-state index contributed by atoms with van der Waals surface area (Å²) in [7, 11) is 0. The van der Waals surface area contributed by atoms with Gasteiger partial charge in [0.1, 0.15) is 0 Å². The Morgan fingerprint density at radius 3 is 2.88 bits per heavy atom. The van der Waals surface area contributed by atoms with Crippen LogP contribution in [0.25, 0.3) is 4.91 Å². The van der Waals surface area contributed by atoms with E-state index < -0.39 is 0 Å². The van der Waals surface area contributed by atoms with Crippen molar-refractivity contribution in [3.8, 4) is 0 Å². The summed E-state index contributed by atoms with van der Waals surface area (Å²) in [6.07, 6.45) is 1.22. The van der Waals surface area contributed by atoms with Gasteiger partial charge >= 0.3 is 0 Å². The van der Waals surface area contributed by atoms with Crippen LogP contribution in [0.5, 0.6) is 0 Å². The lowest BCUT2D eigenvalue weighted by Crippen LogP contribution is -1.75. The summed E-state index contributed by atoms with van der Waals surface area (Å²) in [6.45, 7) is 3.43. The van der Waals surface area contributed by atoms with Crippen molar-refractivity contribution in [1.82, 2.24) is 10.1 Å². The number of nitrogens with zero attached hydrogens (tertiary/aromatic N) is 2. The van der Waals surface area contributed by atoms with Gasteiger partial charge in [-0.3, -0.25) is 0 Å². The van der Waals surface area contributed by atoms with Crippen LogP contribution >= 0.6 is 12.6 Å². The Morgan fingerprint density at radius 2 is 2.62 bits per heavy atom. The molecule has 0 atom stereocenters. The molecule has 0 aliphatic rings. The van der Waals surface area contributed by atoms with Gasteiger partial charge in [0.05, 0.1) is 4.91 Å². The van der Waals surface area contributed by atoms with Gasteiger partial charge in [-0.05, 0) is 0 Å². The van der Waals surface area contributed by atoms with Gasteiger partial charge in [0, 0.05) is 0 Å². The van der Waals surface area contributed by atoms with E-state index in [1.807, 2.05) is 0 Å². The van der Waals surface area contributed by atoms with Crippen LogP contribution in [0.1, 0.15) is 5.82 Å². The summed E-state index contributed by atoms with van der Waals surface area (Å²) in [5, 5.41) is 3.43. The maximum atomic E-state index is 4.62. The van der Waals surface area contributed by atoms with Crippen LogP contribution in [0, 0.1) is 0 Å². The Balaban J connectivity index is 2.93. The van der Waals surface area contributed by atoms with Gasteiger partial charge in [-0.15, -0.1) is 0 Å². The molecule has 0 N–H and O–H groups in total. The van der Waals surface area contributed by atoms with Crippen LogP contribution < -0.4 is 0 Å². The summed E-state index contributed by atoms with van der Waals surface area (Å²) in [5.41, 5.74) is 0. The summed E-state index contributed by atoms with van der Waals surface area (Å²) < 4.78 is 4.39. The van der Waals surface area contributed by atoms with E-state index in [2.05, 4.69) is 33.9 Å². The van der Waals surface area contributed by atoms with Crippen LogP contribution in [0.4, 0.5) is 0 Å². The third-order valence-electron chi connectivity index (χ3n) is 0.611. The van der Waals surface area contributed by atoms with Crippen LogP contribution in [0.2, 0.25) is 0 Å². The van der Waals surface area contributed by atoms with Gasteiger partial charge in [-0.25, -0.2) is 0 Å². The van der Waals surface area contributed by atoms with E-state index in [-0.39, 0.29) is 0 Å². The third kappa shape index (κ3) is 0.840. The fourth-order valence-corrected chi connectivity index (χ4v) is 0.383. The van der Waals surface area contributed by atoms with Crippen LogP contribution in [-0.2, 0) is 0 Å². The lowest BCUT2D eigenvalue weighted by Gasteiger charge is -1.78. The Kier molecular flexibility index (Phi) is 1.26. The van der Waals surface area contributed by atoms with E-state index in [4.69, 9.17) is 0 Å². The molecular weight excluding hydrogens is 124 g/mol. The van der Waals surface area contributed by atoms with E-state index in [9.17, 15) is 0 Å². The van der Waals surface area contributed by atoms with E-state index in [0.29, 0.717) is 10.7 Å². The van der Waals surface area contributed by atoms with Crippen molar-refractivity contribution in [3.63, 3.8) is 0 Å². The van der Waals surface area contributed by atoms with Gasteiger partial charge in [0.2, 0.25) is 12.2 Å². The van der Waals surface area contributed by atoms with Crippen molar-refractivity contribution >= 4 is 17.5 Å². The Morgan fingerprint density at radius 1 is 1.88 bits per heavy atom. The number of hydrogen-bond donors (Lipinski definition) is 0. The zero-order valence-corrected chi connectivity index (χ0v) is 4.81. The van der Waals surface area contributed by atoms with Crippen molar-refractivity contribution in [2.24, 2.45) is 0 Å². The second-order valence-corrected chi connectivity index (χ2v) is 1.67. The molecule has 1 rings (SSSR count). The molecule has 1 radical (unpaired) electrons. The topological polar surface area (TPSA) is 38.9 Å². The first-order valence-electron chi connectivity index (χ1n) is 1.93. The predicted molar refractivity (Wildman–Crippen MR) is 30.9 cm³/mol. The fraction of sp³-hybridized carbons (Fsp3) is 0. The fourth-order valence-electron chi connectivity index (χ4n) is 0.293. The molecule has 0 bridgehead atoms. The number of hydrogen-bond acceptors (Lipinski definition) is 3. The molecule has 8 heavy (non-hydrogen) atoms. The zero-order valence-electron chi connectivity index (χ0n) is 4.00. The van der Waals surface area contributed by atoms with Crippen LogP contribution in [0.15, 0.2) is 17.5 Å². The first kappa shape index (κ1) is 5.24. The molecule has 1 aromatic rings. The molecule has 0 unspecified atom stereocenters. The molecule has 0 aromatic carbocycles. The standard InChI is InChI=1S/C4H3N2OS/c1-3(8)4-5-2-7-6-4/h2H,1H2. The van der Waals surface area contributed by atoms with E-state index >= 15 is 0 Å². The maximum absolute atomic E-state index is 4.62. The molecule has 0 aliphatic carbocycles. The molecule has 4 heteroatoms. The van der Waals surface area contributed by atoms with Crippen LogP contribution in [-0.4, -0.2) is 10.1 Å². The maximum Gasteiger partial charge on any atom is 0.214 e. The zero-order chi connectivity index (χ0) is 5.98. The monoisotopic (exact) mass is 127 g/mol. The SMILES string of the molecule is C=C([S])c1ncon1. The highest BCUT2D eigenvalue weighted by Gasteiger charge is 1.96. The molecule has 0 amide bonds. The smallest absolute Gasteiger partial charge is 0.214 e. The summed E-state index contributed by atoms with van der Waals surface area (Å²) >= 11 is 4.62. The minimum absolute atomic E-state index is 0.389. The Labute approximate surface area is 51.8 Å². The first-order valence-corrected chi connectivity index (χ1v) is 2.34. The molecular formula is C4H3N2OS. The summed E-state index contributed by atoms with van der Waals surface area (Å²) in [4.78, 5) is 4.04. The molecule has 1 aromatic heterocycles. The predicted octanol–water partition coefficient (Wildman–Crippen LogP) is 1.24. The molecule has 0 aliphatic heterocycles. The first-order chi connectivity index (χ1) is 3.80. The molecule has 41 valence electrons. The average molecular weight is 127 g/mol. The third-order valence-corrected chi connectivity index (χ3v) is 0.793. The van der Waals surface area contributed by atoms with Crippen molar-refractivity contribution in [2.45, 2.75) is 0 Å². The molecule has 0 spiro atoms. The normalized spacial score (nSPS) is 9.00. The Hall–Kier alpha value is -0.900. The minimum Gasteiger partial charge on any atom is -0.342 e. The van der Waals surface area contributed by atoms with Crippen molar-refractivity contribution in [2.75, 3.05) is 0 Å². The molecule has 3 nitrogen and oxygen atoms in total. The molecule has 0 saturated carbocycles. The quantitative estimate of drug-likeness (QED) is 0.569. The van der Waals surface area contributed by atoms with Gasteiger partial charge in [-0.1, -0.05) is 24.4 Å². The average Bonchev–Trinajstić information content (AvgIpc) is 2.12. The lowest BCUT2D eigenvalue weighted by atomic mass is 10.6. The van der Waals surface area contributed by atoms with Crippen molar-refractivity contribution in [1.29, 1.82) is 0 Å². The second-order valence-electron chi connectivity index (χ2n) is 1.18. The lowest BCUT2D eigenvalue weighted by molar-refractivity contribution is 0.415. The summed E-state index contributed by atoms with van der Waals surface area (Å²) in [5.74, 6) is 0.389. The van der Waals surface area contributed by atoms with E-state index in [1.165, 1.54) is 6.39 Å². The largest absolute Gasteiger partial charge is 0.342 e. The Bertz CT molecular complexity index is 182. The van der Waals surface area contributed by atoms with E-state index in [1.54, 1.807) is 0 Å². The highest BCUT2D eigenvalue weighted by Crippen LogP contribution is 2.07. The highest BCUT2D eigenvalue weighted by atomic mass is 32.1. The second kappa shape index (κ2) is 1.92. The van der Waals surface area contributed by atoms with Gasteiger partial charge in [0.25, 0.3) is 0 Å². The minimum atomic E-state index is 0.389.